The van der Waals surface area contributed by atoms with Gasteiger partial charge in [0, 0.05) is 11.6 Å². The Morgan fingerprint density at radius 3 is 2.61 bits per heavy atom. The number of hydrogen-bond acceptors (Lipinski definition) is 6. The van der Waals surface area contributed by atoms with Crippen LogP contribution in [0, 0.1) is 6.92 Å². The number of nitrogens with zero attached hydrogens (tertiary/aromatic N) is 1. The third kappa shape index (κ3) is 5.10. The van der Waals surface area contributed by atoms with Crippen LogP contribution >= 0.6 is 24.0 Å². The summed E-state index contributed by atoms with van der Waals surface area (Å²) in [5, 5.41) is 0. The monoisotopic (exact) mass is 477 g/mol. The molecule has 1 amide bonds. The molecule has 0 unspecified atom stereocenters. The Bertz CT molecular complexity index is 1230. The molecule has 33 heavy (non-hydrogen) atoms. The summed E-state index contributed by atoms with van der Waals surface area (Å²) in [5.74, 6) is 0.703. The van der Waals surface area contributed by atoms with E-state index in [0.29, 0.717) is 32.9 Å². The molecule has 0 aliphatic carbocycles. The highest BCUT2D eigenvalue weighted by Gasteiger charge is 2.34. The van der Waals surface area contributed by atoms with E-state index in [9.17, 15) is 9.59 Å². The van der Waals surface area contributed by atoms with Crippen molar-refractivity contribution in [3.05, 3.63) is 82.5 Å². The quantitative estimate of drug-likeness (QED) is 0.165. The summed E-state index contributed by atoms with van der Waals surface area (Å²) >= 11 is 6.72. The first kappa shape index (κ1) is 23.0. The predicted molar refractivity (Wildman–Crippen MR) is 136 cm³/mol. The molecule has 1 saturated heterocycles. The van der Waals surface area contributed by atoms with E-state index in [-0.39, 0.29) is 11.9 Å². The van der Waals surface area contributed by atoms with Crippen LogP contribution in [0.4, 0.5) is 5.69 Å². The molecule has 5 nitrogen and oxygen atoms in total. The number of amides is 1. The van der Waals surface area contributed by atoms with Gasteiger partial charge in [0.2, 0.25) is 0 Å². The van der Waals surface area contributed by atoms with Gasteiger partial charge < -0.3 is 9.15 Å². The molecule has 1 aromatic heterocycles. The number of anilines is 1. The smallest absolute Gasteiger partial charge is 0.338 e. The van der Waals surface area contributed by atoms with Crippen molar-refractivity contribution in [1.82, 2.24) is 0 Å². The number of furan rings is 1. The molecule has 168 valence electrons. The second kappa shape index (κ2) is 10.2. The van der Waals surface area contributed by atoms with E-state index in [0.717, 1.165) is 29.7 Å². The van der Waals surface area contributed by atoms with Gasteiger partial charge in [0.25, 0.3) is 5.91 Å². The van der Waals surface area contributed by atoms with Crippen LogP contribution in [-0.4, -0.2) is 22.8 Å². The molecule has 0 N–H and O–H groups in total. The van der Waals surface area contributed by atoms with Crippen molar-refractivity contribution >= 4 is 51.9 Å². The highest BCUT2D eigenvalue weighted by atomic mass is 32.2. The van der Waals surface area contributed by atoms with Gasteiger partial charge in [-0.1, -0.05) is 67.7 Å². The van der Waals surface area contributed by atoms with Gasteiger partial charge in [-0.25, -0.2) is 4.79 Å². The van der Waals surface area contributed by atoms with Crippen LogP contribution in [0.2, 0.25) is 0 Å². The Morgan fingerprint density at radius 2 is 1.88 bits per heavy atom. The fraction of sp³-hybridized carbons (Fsp3) is 0.192. The lowest BCUT2D eigenvalue weighted by Gasteiger charge is -2.16. The van der Waals surface area contributed by atoms with Gasteiger partial charge in [-0.05, 0) is 49.2 Å². The third-order valence-electron chi connectivity index (χ3n) is 5.19. The van der Waals surface area contributed by atoms with Gasteiger partial charge in [-0.15, -0.1) is 0 Å². The van der Waals surface area contributed by atoms with Crippen molar-refractivity contribution in [2.45, 2.75) is 26.7 Å². The number of hydrogen-bond donors (Lipinski definition) is 0. The molecule has 1 aliphatic rings. The minimum atomic E-state index is -0.328. The minimum absolute atomic E-state index is 0.164. The number of carbonyl (C=O) groups is 2. The van der Waals surface area contributed by atoms with Crippen molar-refractivity contribution in [2.75, 3.05) is 11.5 Å². The maximum atomic E-state index is 13.0. The lowest BCUT2D eigenvalue weighted by atomic mass is 10.1. The first-order valence-electron chi connectivity index (χ1n) is 10.7. The molecule has 0 bridgehead atoms. The molecular formula is C26H23NO4S2. The van der Waals surface area contributed by atoms with Gasteiger partial charge >= 0.3 is 5.97 Å². The van der Waals surface area contributed by atoms with Crippen molar-refractivity contribution in [1.29, 1.82) is 0 Å². The largest absolute Gasteiger partial charge is 0.462 e. The van der Waals surface area contributed by atoms with E-state index in [1.54, 1.807) is 23.1 Å². The molecule has 2 heterocycles. The Hall–Kier alpha value is -3.16. The van der Waals surface area contributed by atoms with Crippen molar-refractivity contribution in [3.8, 4) is 11.3 Å². The third-order valence-corrected chi connectivity index (χ3v) is 6.49. The van der Waals surface area contributed by atoms with E-state index < -0.39 is 0 Å². The minimum Gasteiger partial charge on any atom is -0.462 e. The van der Waals surface area contributed by atoms with Crippen molar-refractivity contribution in [2.24, 2.45) is 0 Å². The molecule has 1 aliphatic heterocycles. The average molecular weight is 478 g/mol. The predicted octanol–water partition coefficient (Wildman–Crippen LogP) is 6.62. The molecule has 0 atom stereocenters. The number of para-hydroxylation sites is 1. The zero-order valence-corrected chi connectivity index (χ0v) is 20.0. The van der Waals surface area contributed by atoms with Gasteiger partial charge in [-0.2, -0.15) is 0 Å². The molecule has 0 radical (unpaired) electrons. The summed E-state index contributed by atoms with van der Waals surface area (Å²) in [6.07, 6.45) is 3.53. The number of ether oxygens (including phenoxy) is 1. The van der Waals surface area contributed by atoms with Gasteiger partial charge in [-0.3, -0.25) is 9.69 Å². The molecule has 1 fully saturated rings. The van der Waals surface area contributed by atoms with Crippen LogP contribution in [0.15, 0.2) is 70.0 Å². The fourth-order valence-corrected chi connectivity index (χ4v) is 4.63. The SMILES string of the molecule is CCCCOC(=O)c1ccc(-c2ccc(/C=C3/SC(=S)N(c4ccccc4C)C3=O)o2)cc1. The van der Waals surface area contributed by atoms with Crippen LogP contribution in [0.5, 0.6) is 0 Å². The van der Waals surface area contributed by atoms with Crippen molar-refractivity contribution in [3.63, 3.8) is 0 Å². The summed E-state index contributed by atoms with van der Waals surface area (Å²) in [4.78, 5) is 27.1. The molecule has 3 aromatic rings. The zero-order chi connectivity index (χ0) is 23.4. The highest BCUT2D eigenvalue weighted by molar-refractivity contribution is 8.27. The molecule has 0 spiro atoms. The van der Waals surface area contributed by atoms with Crippen LogP contribution in [0.25, 0.3) is 17.4 Å². The Morgan fingerprint density at radius 1 is 1.12 bits per heavy atom. The lowest BCUT2D eigenvalue weighted by Crippen LogP contribution is -2.28. The number of thioether (sulfide) groups is 1. The normalized spacial score (nSPS) is 14.8. The Balaban J connectivity index is 1.49. The number of unbranched alkanes of at least 4 members (excludes halogenated alkanes) is 1. The summed E-state index contributed by atoms with van der Waals surface area (Å²) in [6, 6.07) is 18.4. The molecule has 7 heteroatoms. The highest BCUT2D eigenvalue weighted by Crippen LogP contribution is 2.37. The van der Waals surface area contributed by atoms with E-state index in [1.807, 2.05) is 62.4 Å². The van der Waals surface area contributed by atoms with E-state index in [1.165, 1.54) is 11.8 Å². The second-order valence-electron chi connectivity index (χ2n) is 7.57. The summed E-state index contributed by atoms with van der Waals surface area (Å²) < 4.78 is 11.7. The number of rotatable bonds is 7. The number of thiocarbonyl (C=S) groups is 1. The average Bonchev–Trinajstić information content (AvgIpc) is 3.39. The van der Waals surface area contributed by atoms with Crippen LogP contribution in [0.1, 0.15) is 41.4 Å². The van der Waals surface area contributed by atoms with Gasteiger partial charge in [0.05, 0.1) is 22.8 Å². The summed E-state index contributed by atoms with van der Waals surface area (Å²) in [6.45, 7) is 4.42. The molecule has 4 rings (SSSR count). The van der Waals surface area contributed by atoms with E-state index >= 15 is 0 Å². The Kier molecular flexibility index (Phi) is 7.11. The van der Waals surface area contributed by atoms with Gasteiger partial charge in [0.15, 0.2) is 4.32 Å². The lowest BCUT2D eigenvalue weighted by molar-refractivity contribution is -0.113. The number of carbonyl (C=O) groups excluding carboxylic acids is 2. The maximum absolute atomic E-state index is 13.0. The first-order valence-corrected chi connectivity index (χ1v) is 11.9. The van der Waals surface area contributed by atoms with Crippen molar-refractivity contribution < 1.29 is 18.7 Å². The summed E-state index contributed by atoms with van der Waals surface area (Å²) in [7, 11) is 0. The van der Waals surface area contributed by atoms with Crippen LogP contribution < -0.4 is 4.90 Å². The molecule has 2 aromatic carbocycles. The molecular weight excluding hydrogens is 454 g/mol. The van der Waals surface area contributed by atoms with Crippen LogP contribution in [0.3, 0.4) is 0 Å². The number of aryl methyl sites for hydroxylation is 1. The van der Waals surface area contributed by atoms with Gasteiger partial charge in [0.1, 0.15) is 11.5 Å². The first-order chi connectivity index (χ1) is 16.0. The number of benzene rings is 2. The van der Waals surface area contributed by atoms with Crippen LogP contribution in [-0.2, 0) is 9.53 Å². The van der Waals surface area contributed by atoms with E-state index in [2.05, 4.69) is 0 Å². The number of esters is 1. The second-order valence-corrected chi connectivity index (χ2v) is 9.25. The Labute approximate surface area is 202 Å². The summed E-state index contributed by atoms with van der Waals surface area (Å²) in [5.41, 5.74) is 3.10. The maximum Gasteiger partial charge on any atom is 0.338 e. The topological polar surface area (TPSA) is 59.8 Å². The fourth-order valence-electron chi connectivity index (χ4n) is 3.37. The zero-order valence-electron chi connectivity index (χ0n) is 18.4. The molecule has 0 saturated carbocycles. The van der Waals surface area contributed by atoms with E-state index in [4.69, 9.17) is 21.4 Å². The standard InChI is InChI=1S/C26H23NO4S2/c1-3-4-15-30-25(29)19-11-9-18(10-12-19)22-14-13-20(31-22)16-23-24(28)27(26(32)33-23)21-8-6-5-7-17(21)2/h5-14,16H,3-4,15H2,1-2H3/b23-16+.